The van der Waals surface area contributed by atoms with Gasteiger partial charge in [0.05, 0.1) is 13.0 Å². The Labute approximate surface area is 236 Å². The minimum absolute atomic E-state index is 0.162. The Kier molecular flexibility index (Phi) is 12.8. The molecule has 0 heterocycles. The molecule has 1 atom stereocenters. The summed E-state index contributed by atoms with van der Waals surface area (Å²) in [6.07, 6.45) is -3.16. The first kappa shape index (κ1) is 32.8. The maximum absolute atomic E-state index is 14.2. The number of unbranched alkanes of at least 4 members (excludes halogenated alkanes) is 1. The number of halogens is 3. The Morgan fingerprint density at radius 3 is 1.76 bits per heavy atom. The van der Waals surface area contributed by atoms with Gasteiger partial charge in [-0.2, -0.15) is 13.2 Å². The zero-order valence-corrected chi connectivity index (χ0v) is 22.6. The third-order valence-corrected chi connectivity index (χ3v) is 6.19. The van der Waals surface area contributed by atoms with Gasteiger partial charge in [-0.05, 0) is 54.6 Å². The first-order valence-electron chi connectivity index (χ1n) is 12.8. The lowest BCUT2D eigenvalue weighted by Crippen LogP contribution is -2.49. The molecular weight excluding hydrogens is 539 g/mol. The van der Waals surface area contributed by atoms with Crippen LogP contribution in [0.5, 0.6) is 5.75 Å². The first-order valence-corrected chi connectivity index (χ1v) is 12.8. The monoisotopic (exact) mass is 573 g/mol. The Bertz CT molecular complexity index is 1200. The van der Waals surface area contributed by atoms with E-state index >= 15 is 0 Å². The number of primary amides is 1. The molecule has 0 saturated carbocycles. The fourth-order valence-electron chi connectivity index (χ4n) is 4.14. The summed E-state index contributed by atoms with van der Waals surface area (Å²) >= 11 is 0. The zero-order chi connectivity index (χ0) is 30.4. The van der Waals surface area contributed by atoms with E-state index in [9.17, 15) is 22.8 Å². The van der Waals surface area contributed by atoms with Crippen LogP contribution in [0.3, 0.4) is 0 Å². The highest BCUT2D eigenvalue weighted by molar-refractivity contribution is 5.92. The molecule has 0 bridgehead atoms. The highest BCUT2D eigenvalue weighted by Gasteiger charge is 2.38. The average Bonchev–Trinajstić information content (AvgIpc) is 2.95. The Morgan fingerprint density at radius 1 is 0.878 bits per heavy atom. The number of carboxylic acid groups (broad SMARTS) is 1. The Morgan fingerprint density at radius 2 is 1.37 bits per heavy atom. The van der Waals surface area contributed by atoms with Crippen LogP contribution in [0.15, 0.2) is 84.9 Å². The van der Waals surface area contributed by atoms with Crippen molar-refractivity contribution in [1.29, 1.82) is 0 Å². The number of nitrogens with two attached hydrogens (primary N) is 2. The molecule has 220 valence electrons. The molecule has 0 fully saturated rings. The van der Waals surface area contributed by atoms with E-state index in [1.165, 1.54) is 0 Å². The summed E-state index contributed by atoms with van der Waals surface area (Å²) in [5.74, 6) is -3.27. The number of amides is 2. The van der Waals surface area contributed by atoms with Crippen LogP contribution in [0.1, 0.15) is 41.9 Å². The van der Waals surface area contributed by atoms with E-state index in [4.69, 9.17) is 26.1 Å². The Hall–Kier alpha value is -4.38. The maximum Gasteiger partial charge on any atom is 0.490 e. The van der Waals surface area contributed by atoms with E-state index < -0.39 is 30.0 Å². The third kappa shape index (κ3) is 10.3. The molecule has 0 radical (unpaired) electrons. The van der Waals surface area contributed by atoms with Crippen molar-refractivity contribution in [1.82, 2.24) is 4.90 Å². The van der Waals surface area contributed by atoms with E-state index in [2.05, 4.69) is 0 Å². The predicted octanol–water partition coefficient (Wildman–Crippen LogP) is 4.47. The van der Waals surface area contributed by atoms with E-state index in [0.717, 1.165) is 28.9 Å². The van der Waals surface area contributed by atoms with Gasteiger partial charge >= 0.3 is 12.1 Å². The smallest absolute Gasteiger partial charge is 0.490 e. The Balaban J connectivity index is 0.000000745. The van der Waals surface area contributed by atoms with Crippen molar-refractivity contribution in [2.75, 3.05) is 13.7 Å². The molecular formula is C30H34F3N3O5. The van der Waals surface area contributed by atoms with Gasteiger partial charge in [0.2, 0.25) is 11.8 Å². The number of hydrogen-bond donors (Lipinski definition) is 3. The summed E-state index contributed by atoms with van der Waals surface area (Å²) in [6, 6.07) is 26.0. The lowest BCUT2D eigenvalue weighted by atomic mass is 9.89. The highest BCUT2D eigenvalue weighted by atomic mass is 19.4. The fraction of sp³-hybridized carbons (Fsp3) is 0.300. The van der Waals surface area contributed by atoms with Gasteiger partial charge in [-0.15, -0.1) is 0 Å². The highest BCUT2D eigenvalue weighted by Crippen LogP contribution is 2.29. The number of methoxy groups -OCH3 is 1. The number of carboxylic acids is 1. The standard InChI is InChI=1S/C28H33N3O3.C2HF3O2/c1-34-24-17-15-21(16-18-24)20-31(25(27(30)32)14-8-9-19-29)28(33)26(22-10-4-2-5-11-22)23-12-6-3-7-13-23;3-2(4,5)1(6)7/h2-7,10-13,15-18,25-26H,8-9,14,19-20,29H2,1H3,(H2,30,32);(H,6,7)/t25-;/m1./s1. The van der Waals surface area contributed by atoms with Crippen molar-refractivity contribution in [3.63, 3.8) is 0 Å². The SMILES string of the molecule is COc1ccc(CN(C(=O)C(c2ccccc2)c2ccccc2)[C@H](CCCCN)C(N)=O)cc1.O=C(O)C(F)(F)F. The van der Waals surface area contributed by atoms with Crippen LogP contribution in [0.2, 0.25) is 0 Å². The van der Waals surface area contributed by atoms with E-state index in [1.807, 2.05) is 84.9 Å². The van der Waals surface area contributed by atoms with E-state index in [-0.39, 0.29) is 12.5 Å². The molecule has 0 aliphatic heterocycles. The molecule has 0 aliphatic carbocycles. The number of nitrogens with zero attached hydrogens (tertiary/aromatic N) is 1. The van der Waals surface area contributed by atoms with Crippen LogP contribution in [0, 0.1) is 0 Å². The molecule has 8 nitrogen and oxygen atoms in total. The van der Waals surface area contributed by atoms with Gasteiger partial charge in [-0.25, -0.2) is 4.79 Å². The summed E-state index contributed by atoms with van der Waals surface area (Å²) in [6.45, 7) is 0.782. The van der Waals surface area contributed by atoms with Gasteiger partial charge in [0.25, 0.3) is 0 Å². The number of aliphatic carboxylic acids is 1. The van der Waals surface area contributed by atoms with Gasteiger partial charge in [-0.3, -0.25) is 9.59 Å². The molecule has 41 heavy (non-hydrogen) atoms. The summed E-state index contributed by atoms with van der Waals surface area (Å²) in [7, 11) is 1.61. The second-order valence-electron chi connectivity index (χ2n) is 9.07. The number of benzene rings is 3. The average molecular weight is 574 g/mol. The molecule has 5 N–H and O–H groups in total. The number of alkyl halides is 3. The molecule has 3 aromatic carbocycles. The van der Waals surface area contributed by atoms with Gasteiger partial charge in [-0.1, -0.05) is 72.8 Å². The topological polar surface area (TPSA) is 136 Å². The van der Waals surface area contributed by atoms with Crippen molar-refractivity contribution >= 4 is 17.8 Å². The lowest BCUT2D eigenvalue weighted by Gasteiger charge is -2.33. The molecule has 11 heteroatoms. The molecule has 0 spiro atoms. The van der Waals surface area contributed by atoms with Crippen molar-refractivity contribution in [3.05, 3.63) is 102 Å². The van der Waals surface area contributed by atoms with Gasteiger partial charge < -0.3 is 26.2 Å². The lowest BCUT2D eigenvalue weighted by molar-refractivity contribution is -0.192. The summed E-state index contributed by atoms with van der Waals surface area (Å²) in [5.41, 5.74) is 14.1. The minimum Gasteiger partial charge on any atom is -0.497 e. The molecule has 3 aromatic rings. The van der Waals surface area contributed by atoms with Crippen molar-refractivity contribution in [2.45, 2.75) is 43.9 Å². The molecule has 0 aromatic heterocycles. The van der Waals surface area contributed by atoms with Gasteiger partial charge in [0.1, 0.15) is 11.8 Å². The molecule has 0 aliphatic rings. The van der Waals surface area contributed by atoms with Crippen LogP contribution in [0.4, 0.5) is 13.2 Å². The molecule has 0 saturated heterocycles. The van der Waals surface area contributed by atoms with Crippen LogP contribution < -0.4 is 16.2 Å². The van der Waals surface area contributed by atoms with E-state index in [0.29, 0.717) is 19.4 Å². The van der Waals surface area contributed by atoms with Crippen LogP contribution in [-0.2, 0) is 20.9 Å². The van der Waals surface area contributed by atoms with Crippen molar-refractivity contribution in [2.24, 2.45) is 11.5 Å². The summed E-state index contributed by atoms with van der Waals surface area (Å²) in [5, 5.41) is 7.12. The van der Waals surface area contributed by atoms with Gasteiger partial charge in [0.15, 0.2) is 0 Å². The third-order valence-electron chi connectivity index (χ3n) is 6.19. The number of hydrogen-bond acceptors (Lipinski definition) is 5. The van der Waals surface area contributed by atoms with Crippen molar-refractivity contribution in [3.8, 4) is 5.75 Å². The second kappa shape index (κ2) is 16.0. The summed E-state index contributed by atoms with van der Waals surface area (Å²) < 4.78 is 37.0. The van der Waals surface area contributed by atoms with Crippen molar-refractivity contribution < 1.29 is 37.4 Å². The fourth-order valence-corrected chi connectivity index (χ4v) is 4.14. The van der Waals surface area contributed by atoms with Crippen LogP contribution in [0.25, 0.3) is 0 Å². The largest absolute Gasteiger partial charge is 0.497 e. The number of ether oxygens (including phenoxy) is 1. The van der Waals surface area contributed by atoms with E-state index in [1.54, 1.807) is 12.0 Å². The minimum atomic E-state index is -5.08. The second-order valence-corrected chi connectivity index (χ2v) is 9.07. The molecule has 0 unspecified atom stereocenters. The number of rotatable bonds is 12. The zero-order valence-electron chi connectivity index (χ0n) is 22.6. The number of carbonyl (C=O) groups excluding carboxylic acids is 2. The maximum atomic E-state index is 14.2. The quantitative estimate of drug-likeness (QED) is 0.274. The number of carbonyl (C=O) groups is 3. The van der Waals surface area contributed by atoms with Crippen LogP contribution in [-0.4, -0.2) is 53.7 Å². The first-order chi connectivity index (χ1) is 19.5. The summed E-state index contributed by atoms with van der Waals surface area (Å²) in [4.78, 5) is 37.3. The molecule has 3 rings (SSSR count). The predicted molar refractivity (Wildman–Crippen MR) is 148 cm³/mol. The normalized spacial score (nSPS) is 11.7. The van der Waals surface area contributed by atoms with Gasteiger partial charge in [0, 0.05) is 6.54 Å². The molecule has 2 amide bonds. The van der Waals surface area contributed by atoms with Crippen LogP contribution >= 0.6 is 0 Å².